The van der Waals surface area contributed by atoms with Crippen molar-refractivity contribution in [1.29, 1.82) is 0 Å². The molecule has 2 N–H and O–H groups in total. The van der Waals surface area contributed by atoms with E-state index < -0.39 is 37.2 Å². The molecule has 0 atom stereocenters. The summed E-state index contributed by atoms with van der Waals surface area (Å²) >= 11 is 5.62. The van der Waals surface area contributed by atoms with Gasteiger partial charge in [-0.2, -0.15) is 13.2 Å². The third-order valence-electron chi connectivity index (χ3n) is 1.97. The van der Waals surface area contributed by atoms with E-state index in [0.717, 1.165) is 0 Å². The molecule has 0 aliphatic rings. The van der Waals surface area contributed by atoms with Gasteiger partial charge in [-0.25, -0.2) is 14.6 Å². The van der Waals surface area contributed by atoms with E-state index in [0.29, 0.717) is 0 Å². The Kier molecular flexibility index (Phi) is 6.11. The summed E-state index contributed by atoms with van der Waals surface area (Å²) in [5.41, 5.74) is -0.165. The molecule has 120 valence electrons. The highest BCUT2D eigenvalue weighted by Gasteiger charge is 2.28. The highest BCUT2D eigenvalue weighted by atomic mass is 35.5. The molecule has 1 heterocycles. The number of esters is 1. The Labute approximate surface area is 126 Å². The van der Waals surface area contributed by atoms with Crippen molar-refractivity contribution in [2.45, 2.75) is 6.18 Å². The first-order chi connectivity index (χ1) is 10.2. The van der Waals surface area contributed by atoms with Crippen LogP contribution in [-0.4, -0.2) is 42.2 Å². The average Bonchev–Trinajstić information content (AvgIpc) is 2.42. The van der Waals surface area contributed by atoms with Crippen molar-refractivity contribution in [1.82, 2.24) is 15.6 Å². The topological polar surface area (TPSA) is 97.4 Å². The molecule has 0 bridgehead atoms. The van der Waals surface area contributed by atoms with Crippen molar-refractivity contribution >= 4 is 29.5 Å². The second-order valence-electron chi connectivity index (χ2n) is 3.78. The summed E-state index contributed by atoms with van der Waals surface area (Å²) in [4.78, 5) is 37.3. The Bertz CT molecular complexity index is 580. The normalized spacial score (nSPS) is 10.7. The summed E-state index contributed by atoms with van der Waals surface area (Å²) in [6, 6.07) is 1.24. The van der Waals surface area contributed by atoms with Crippen LogP contribution < -0.4 is 10.6 Å². The first-order valence-electron chi connectivity index (χ1n) is 5.60. The molecule has 0 fully saturated rings. The van der Waals surface area contributed by atoms with E-state index in [9.17, 15) is 27.6 Å². The lowest BCUT2D eigenvalue weighted by Gasteiger charge is -2.09. The van der Waals surface area contributed by atoms with Crippen LogP contribution in [0.25, 0.3) is 0 Å². The summed E-state index contributed by atoms with van der Waals surface area (Å²) in [5, 5.41) is 3.19. The molecule has 0 aliphatic carbocycles. The molecule has 11 heteroatoms. The van der Waals surface area contributed by atoms with Crippen LogP contribution in [0.4, 0.5) is 18.0 Å². The van der Waals surface area contributed by atoms with Gasteiger partial charge in [0.25, 0.3) is 5.91 Å². The second kappa shape index (κ2) is 7.59. The third kappa shape index (κ3) is 6.88. The number of ether oxygens (including phenoxy) is 1. The quantitative estimate of drug-likeness (QED) is 0.805. The van der Waals surface area contributed by atoms with Crippen molar-refractivity contribution in [2.75, 3.05) is 13.2 Å². The minimum Gasteiger partial charge on any atom is -0.451 e. The van der Waals surface area contributed by atoms with E-state index in [1.807, 2.05) is 0 Å². The maximum atomic E-state index is 11.8. The number of amides is 3. The Morgan fingerprint density at radius 2 is 2.00 bits per heavy atom. The van der Waals surface area contributed by atoms with Crippen LogP contribution in [0.5, 0.6) is 0 Å². The van der Waals surface area contributed by atoms with Gasteiger partial charge in [0.1, 0.15) is 12.2 Å². The van der Waals surface area contributed by atoms with Gasteiger partial charge >= 0.3 is 18.2 Å². The lowest BCUT2D eigenvalue weighted by Crippen LogP contribution is -2.44. The number of rotatable bonds is 4. The molecule has 1 rings (SSSR count). The van der Waals surface area contributed by atoms with E-state index >= 15 is 0 Å². The SMILES string of the molecule is O=C(COC(=O)c1cc(Cl)ccn1)NC(=O)NCC(F)(F)F. The van der Waals surface area contributed by atoms with Crippen LogP contribution in [0.3, 0.4) is 0 Å². The summed E-state index contributed by atoms with van der Waals surface area (Å²) in [6.45, 7) is -2.47. The fourth-order valence-electron chi connectivity index (χ4n) is 1.11. The number of nitrogens with zero attached hydrogens (tertiary/aromatic N) is 1. The van der Waals surface area contributed by atoms with Gasteiger partial charge in [-0.15, -0.1) is 0 Å². The van der Waals surface area contributed by atoms with Gasteiger partial charge in [0.05, 0.1) is 0 Å². The van der Waals surface area contributed by atoms with Gasteiger partial charge < -0.3 is 10.1 Å². The molecule has 0 radical (unpaired) electrons. The van der Waals surface area contributed by atoms with E-state index in [1.54, 1.807) is 5.32 Å². The molecule has 7 nitrogen and oxygen atoms in total. The summed E-state index contributed by atoms with van der Waals surface area (Å²) in [5.74, 6) is -2.08. The lowest BCUT2D eigenvalue weighted by atomic mass is 10.3. The first kappa shape index (κ1) is 17.7. The average molecular weight is 340 g/mol. The number of pyridine rings is 1. The number of hydrogen-bond donors (Lipinski definition) is 2. The van der Waals surface area contributed by atoms with Gasteiger partial charge in [0.15, 0.2) is 6.61 Å². The van der Waals surface area contributed by atoms with Crippen molar-refractivity contribution in [2.24, 2.45) is 0 Å². The molecule has 0 aliphatic heterocycles. The molecular formula is C11H9ClF3N3O4. The van der Waals surface area contributed by atoms with Crippen LogP contribution in [0, 0.1) is 0 Å². The molecule has 0 aromatic carbocycles. The second-order valence-corrected chi connectivity index (χ2v) is 4.22. The minimum absolute atomic E-state index is 0.165. The zero-order valence-electron chi connectivity index (χ0n) is 10.7. The van der Waals surface area contributed by atoms with Crippen molar-refractivity contribution in [3.05, 3.63) is 29.0 Å². The third-order valence-corrected chi connectivity index (χ3v) is 2.20. The summed E-state index contributed by atoms with van der Waals surface area (Å²) in [6.07, 6.45) is -3.37. The van der Waals surface area contributed by atoms with Crippen LogP contribution in [0.2, 0.25) is 5.02 Å². The Hall–Kier alpha value is -2.36. The van der Waals surface area contributed by atoms with E-state index in [2.05, 4.69) is 9.72 Å². The Morgan fingerprint density at radius 1 is 1.32 bits per heavy atom. The molecular weight excluding hydrogens is 331 g/mol. The minimum atomic E-state index is -4.61. The number of aromatic nitrogens is 1. The fraction of sp³-hybridized carbons (Fsp3) is 0.273. The molecule has 1 aromatic heterocycles. The molecule has 22 heavy (non-hydrogen) atoms. The first-order valence-corrected chi connectivity index (χ1v) is 5.98. The van der Waals surface area contributed by atoms with Crippen molar-refractivity contribution in [3.63, 3.8) is 0 Å². The Balaban J connectivity index is 2.37. The number of urea groups is 1. The fourth-order valence-corrected chi connectivity index (χ4v) is 1.27. The van der Waals surface area contributed by atoms with Gasteiger partial charge in [-0.3, -0.25) is 10.1 Å². The molecule has 0 saturated carbocycles. The molecule has 1 aromatic rings. The number of alkyl halides is 3. The predicted molar refractivity (Wildman–Crippen MR) is 67.1 cm³/mol. The zero-order valence-corrected chi connectivity index (χ0v) is 11.5. The van der Waals surface area contributed by atoms with Gasteiger partial charge in [-0.05, 0) is 12.1 Å². The number of carbonyl (C=O) groups is 3. The van der Waals surface area contributed by atoms with E-state index in [4.69, 9.17) is 11.6 Å². The predicted octanol–water partition coefficient (Wildman–Crippen LogP) is 1.28. The largest absolute Gasteiger partial charge is 0.451 e. The van der Waals surface area contributed by atoms with Gasteiger partial charge in [0, 0.05) is 11.2 Å². The number of nitrogens with one attached hydrogen (secondary N) is 2. The van der Waals surface area contributed by atoms with Crippen LogP contribution in [0.1, 0.15) is 10.5 Å². The van der Waals surface area contributed by atoms with Gasteiger partial charge in [0.2, 0.25) is 0 Å². The monoisotopic (exact) mass is 339 g/mol. The number of halogens is 4. The van der Waals surface area contributed by atoms with Crippen LogP contribution >= 0.6 is 11.6 Å². The number of hydrogen-bond acceptors (Lipinski definition) is 5. The Morgan fingerprint density at radius 3 is 2.59 bits per heavy atom. The maximum Gasteiger partial charge on any atom is 0.405 e. The number of carbonyl (C=O) groups excluding carboxylic acids is 3. The molecule has 0 spiro atoms. The summed E-state index contributed by atoms with van der Waals surface area (Å²) in [7, 11) is 0. The smallest absolute Gasteiger partial charge is 0.405 e. The van der Waals surface area contributed by atoms with Crippen molar-refractivity contribution in [3.8, 4) is 0 Å². The molecule has 0 saturated heterocycles. The van der Waals surface area contributed by atoms with Crippen molar-refractivity contribution < 1.29 is 32.3 Å². The zero-order chi connectivity index (χ0) is 16.8. The highest BCUT2D eigenvalue weighted by Crippen LogP contribution is 2.12. The lowest BCUT2D eigenvalue weighted by molar-refractivity contribution is -0.125. The maximum absolute atomic E-state index is 11.8. The highest BCUT2D eigenvalue weighted by molar-refractivity contribution is 6.30. The molecule has 0 unspecified atom stereocenters. The van der Waals surface area contributed by atoms with Crippen LogP contribution in [0.15, 0.2) is 18.3 Å². The standard InChI is InChI=1S/C11H9ClF3N3O4/c12-6-1-2-16-7(3-6)9(20)22-4-8(19)18-10(21)17-5-11(13,14)15/h1-3H,4-5H2,(H2,17,18,19,21). The van der Waals surface area contributed by atoms with Crippen LogP contribution in [-0.2, 0) is 9.53 Å². The molecule has 3 amide bonds. The van der Waals surface area contributed by atoms with E-state index in [-0.39, 0.29) is 10.7 Å². The van der Waals surface area contributed by atoms with Gasteiger partial charge in [-0.1, -0.05) is 11.6 Å². The summed E-state index contributed by atoms with van der Waals surface area (Å²) < 4.78 is 40.0. The van der Waals surface area contributed by atoms with E-state index in [1.165, 1.54) is 23.6 Å². The number of imide groups is 1.